The van der Waals surface area contributed by atoms with Gasteiger partial charge >= 0.3 is 0 Å². The van der Waals surface area contributed by atoms with E-state index in [4.69, 9.17) is 0 Å². The zero-order valence-electron chi connectivity index (χ0n) is 15.7. The molecule has 1 amide bonds. The molecular weight excluding hydrogens is 374 g/mol. The van der Waals surface area contributed by atoms with Crippen LogP contribution >= 0.6 is 11.8 Å². The van der Waals surface area contributed by atoms with Gasteiger partial charge in [0, 0.05) is 19.8 Å². The zero-order chi connectivity index (χ0) is 19.8. The molecule has 1 atom stereocenters. The second-order valence-corrected chi connectivity index (χ2v) is 7.80. The molecule has 0 bridgehead atoms. The van der Waals surface area contributed by atoms with E-state index >= 15 is 0 Å². The first-order valence-corrected chi connectivity index (χ1v) is 9.69. The lowest BCUT2D eigenvalue weighted by Gasteiger charge is -2.20. The van der Waals surface area contributed by atoms with Gasteiger partial charge in [-0.25, -0.2) is 0 Å². The largest absolute Gasteiger partial charge is 0.315 e. The number of benzene rings is 2. The maximum absolute atomic E-state index is 12.9. The maximum atomic E-state index is 12.9. The lowest BCUT2D eigenvalue weighted by molar-refractivity contribution is -0.117. The highest BCUT2D eigenvalue weighted by molar-refractivity contribution is 8.00. The van der Waals surface area contributed by atoms with Crippen LogP contribution in [0, 0.1) is 0 Å². The Kier molecular flexibility index (Phi) is 4.64. The van der Waals surface area contributed by atoms with E-state index in [1.807, 2.05) is 59.9 Å². The summed E-state index contributed by atoms with van der Waals surface area (Å²) in [4.78, 5) is 27.1. The highest BCUT2D eigenvalue weighted by Crippen LogP contribution is 2.26. The van der Waals surface area contributed by atoms with Gasteiger partial charge in [0.05, 0.1) is 16.2 Å². The van der Waals surface area contributed by atoms with Gasteiger partial charge in [-0.3, -0.25) is 18.6 Å². The Morgan fingerprint density at radius 1 is 1.07 bits per heavy atom. The number of hydrogen-bond donors (Lipinski definition) is 0. The number of fused-ring (bicyclic) bond motifs is 3. The fraction of sp³-hybridized carbons (Fsp3) is 0.200. The van der Waals surface area contributed by atoms with Crippen LogP contribution in [0.15, 0.2) is 64.5 Å². The number of aryl methyl sites for hydroxylation is 1. The molecule has 0 spiro atoms. The molecule has 0 N–H and O–H groups in total. The van der Waals surface area contributed by atoms with E-state index in [-0.39, 0.29) is 16.7 Å². The summed E-state index contributed by atoms with van der Waals surface area (Å²) in [6.07, 6.45) is 0. The van der Waals surface area contributed by atoms with Crippen molar-refractivity contribution in [2.24, 2.45) is 7.05 Å². The number of amides is 1. The van der Waals surface area contributed by atoms with Crippen LogP contribution in [0.5, 0.6) is 0 Å². The minimum absolute atomic E-state index is 0.0397. The molecule has 142 valence electrons. The topological polar surface area (TPSA) is 72.5 Å². The molecule has 0 aliphatic carbocycles. The van der Waals surface area contributed by atoms with Gasteiger partial charge in [-0.1, -0.05) is 42.1 Å². The van der Waals surface area contributed by atoms with Crippen molar-refractivity contribution in [1.82, 2.24) is 19.2 Å². The third-order valence-electron chi connectivity index (χ3n) is 4.70. The minimum atomic E-state index is -0.381. The van der Waals surface area contributed by atoms with Crippen LogP contribution in [0.25, 0.3) is 16.7 Å². The number of nitrogens with zero attached hydrogens (tertiary/aromatic N) is 5. The van der Waals surface area contributed by atoms with E-state index in [1.165, 1.54) is 16.3 Å². The van der Waals surface area contributed by atoms with Crippen LogP contribution in [-0.4, -0.2) is 37.4 Å². The fourth-order valence-electron chi connectivity index (χ4n) is 3.15. The number of para-hydroxylation sites is 2. The summed E-state index contributed by atoms with van der Waals surface area (Å²) < 4.78 is 3.30. The summed E-state index contributed by atoms with van der Waals surface area (Å²) in [6.45, 7) is 1.84. The molecule has 0 fully saturated rings. The van der Waals surface area contributed by atoms with Crippen LogP contribution in [-0.2, 0) is 11.8 Å². The van der Waals surface area contributed by atoms with Crippen molar-refractivity contribution in [2.75, 3.05) is 11.9 Å². The van der Waals surface area contributed by atoms with Crippen LogP contribution in [0.1, 0.15) is 6.92 Å². The number of anilines is 1. The molecule has 4 rings (SSSR count). The molecule has 0 saturated heterocycles. The predicted molar refractivity (Wildman–Crippen MR) is 111 cm³/mol. The third-order valence-corrected chi connectivity index (χ3v) is 5.73. The monoisotopic (exact) mass is 393 g/mol. The maximum Gasteiger partial charge on any atom is 0.262 e. The van der Waals surface area contributed by atoms with Crippen molar-refractivity contribution in [1.29, 1.82) is 0 Å². The molecule has 1 unspecified atom stereocenters. The molecule has 2 aromatic carbocycles. The first kappa shape index (κ1) is 18.2. The van der Waals surface area contributed by atoms with Crippen LogP contribution in [0.4, 0.5) is 5.69 Å². The Balaban J connectivity index is 1.72. The quantitative estimate of drug-likeness (QED) is 0.499. The van der Waals surface area contributed by atoms with E-state index in [0.717, 1.165) is 11.2 Å². The third kappa shape index (κ3) is 2.95. The van der Waals surface area contributed by atoms with Gasteiger partial charge in [0.2, 0.25) is 11.7 Å². The van der Waals surface area contributed by atoms with Crippen molar-refractivity contribution in [2.45, 2.75) is 17.3 Å². The Morgan fingerprint density at radius 3 is 2.50 bits per heavy atom. The van der Waals surface area contributed by atoms with Crippen molar-refractivity contribution in [3.63, 3.8) is 0 Å². The Morgan fingerprint density at radius 2 is 1.75 bits per heavy atom. The summed E-state index contributed by atoms with van der Waals surface area (Å²) in [5, 5.41) is 9.20. The number of rotatable bonds is 4. The summed E-state index contributed by atoms with van der Waals surface area (Å²) >= 11 is 1.32. The average molecular weight is 393 g/mol. The van der Waals surface area contributed by atoms with Crippen LogP contribution < -0.4 is 10.5 Å². The molecule has 0 aliphatic rings. The highest BCUT2D eigenvalue weighted by atomic mass is 32.2. The molecule has 2 heterocycles. The fourth-order valence-corrected chi connectivity index (χ4v) is 4.10. The molecule has 7 nitrogen and oxygen atoms in total. The molecular formula is C20H19N5O2S. The predicted octanol–water partition coefficient (Wildman–Crippen LogP) is 2.72. The van der Waals surface area contributed by atoms with E-state index in [9.17, 15) is 9.59 Å². The van der Waals surface area contributed by atoms with Gasteiger partial charge in [-0.05, 0) is 31.2 Å². The van der Waals surface area contributed by atoms with E-state index in [0.29, 0.717) is 16.3 Å². The molecule has 28 heavy (non-hydrogen) atoms. The van der Waals surface area contributed by atoms with Gasteiger partial charge in [-0.2, -0.15) is 0 Å². The highest BCUT2D eigenvalue weighted by Gasteiger charge is 2.23. The van der Waals surface area contributed by atoms with Gasteiger partial charge in [-0.15, -0.1) is 10.2 Å². The van der Waals surface area contributed by atoms with Crippen molar-refractivity contribution in [3.8, 4) is 0 Å². The number of hydrogen-bond acceptors (Lipinski definition) is 5. The smallest absolute Gasteiger partial charge is 0.262 e. The summed E-state index contributed by atoms with van der Waals surface area (Å²) in [5.74, 6) is 0.407. The van der Waals surface area contributed by atoms with Crippen molar-refractivity contribution in [3.05, 3.63) is 65.0 Å². The van der Waals surface area contributed by atoms with Gasteiger partial charge < -0.3 is 4.90 Å². The van der Waals surface area contributed by atoms with E-state index in [1.54, 1.807) is 25.1 Å². The first-order chi connectivity index (χ1) is 13.5. The first-order valence-electron chi connectivity index (χ1n) is 8.81. The van der Waals surface area contributed by atoms with Gasteiger partial charge in [0.15, 0.2) is 5.16 Å². The number of carbonyl (C=O) groups is 1. The van der Waals surface area contributed by atoms with Crippen LogP contribution in [0.2, 0.25) is 0 Å². The van der Waals surface area contributed by atoms with Crippen molar-refractivity contribution >= 4 is 40.0 Å². The molecule has 2 aromatic heterocycles. The van der Waals surface area contributed by atoms with Crippen LogP contribution in [0.3, 0.4) is 0 Å². The molecule has 0 saturated carbocycles. The summed E-state index contributed by atoms with van der Waals surface area (Å²) in [7, 11) is 3.43. The van der Waals surface area contributed by atoms with E-state index < -0.39 is 0 Å². The molecule has 8 heteroatoms. The Hall–Kier alpha value is -3.13. The van der Waals surface area contributed by atoms with Gasteiger partial charge in [0.1, 0.15) is 0 Å². The zero-order valence-corrected chi connectivity index (χ0v) is 16.6. The summed E-state index contributed by atoms with van der Waals surface area (Å²) in [5.41, 5.74) is 1.43. The number of aromatic nitrogens is 4. The van der Waals surface area contributed by atoms with Gasteiger partial charge in [0.25, 0.3) is 5.56 Å². The summed E-state index contributed by atoms with van der Waals surface area (Å²) in [6, 6.07) is 16.8. The number of thioether (sulfide) groups is 1. The second-order valence-electron chi connectivity index (χ2n) is 6.49. The SMILES string of the molecule is CC(Sc1nnc2n(C)c(=O)c3ccccc3n12)C(=O)N(C)c1ccccc1. The average Bonchev–Trinajstić information content (AvgIpc) is 3.15. The lowest BCUT2D eigenvalue weighted by atomic mass is 10.2. The Bertz CT molecular complexity index is 1230. The molecule has 0 radical (unpaired) electrons. The lowest BCUT2D eigenvalue weighted by Crippen LogP contribution is -2.33. The van der Waals surface area contributed by atoms with Crippen molar-refractivity contribution < 1.29 is 4.79 Å². The minimum Gasteiger partial charge on any atom is -0.315 e. The van der Waals surface area contributed by atoms with E-state index in [2.05, 4.69) is 10.2 Å². The molecule has 0 aliphatic heterocycles. The Labute approximate surface area is 165 Å². The standard InChI is InChI=1S/C20H19N5O2S/c1-13(17(26)23(2)14-9-5-4-6-10-14)28-20-22-21-19-24(3)18(27)15-11-7-8-12-16(15)25(19)20/h4-13H,1-3H3. The normalized spacial score (nSPS) is 12.4. The molecule has 4 aromatic rings. The second kappa shape index (κ2) is 7.12. The number of carbonyl (C=O) groups excluding carboxylic acids is 1.